The van der Waals surface area contributed by atoms with Crippen molar-refractivity contribution in [2.45, 2.75) is 58.0 Å². The molecule has 1 heterocycles. The van der Waals surface area contributed by atoms with Crippen molar-refractivity contribution in [1.29, 1.82) is 0 Å². The van der Waals surface area contributed by atoms with Crippen molar-refractivity contribution in [1.82, 2.24) is 10.2 Å². The Labute approximate surface area is 154 Å². The Morgan fingerprint density at radius 2 is 1.96 bits per heavy atom. The average Bonchev–Trinajstić information content (AvgIpc) is 2.86. The number of β-amino-alcohol motifs (C(OH)–C–C–N with tert-alkyl or cyclic N) is 1. The van der Waals surface area contributed by atoms with Gasteiger partial charge >= 0.3 is 12.2 Å². The first-order valence-electron chi connectivity index (χ1n) is 8.74. The second-order valence-corrected chi connectivity index (χ2v) is 7.80. The molecule has 2 rings (SSSR count). The first kappa shape index (κ1) is 20.0. The molecule has 7 nitrogen and oxygen atoms in total. The first-order valence-corrected chi connectivity index (χ1v) is 8.74. The molecule has 1 aromatic rings. The van der Waals surface area contributed by atoms with E-state index in [1.54, 1.807) is 20.8 Å². The third kappa shape index (κ3) is 5.91. The fraction of sp³-hybridized carbons (Fsp3) is 0.579. The number of nitrogens with zero attached hydrogens (tertiary/aromatic N) is 1. The zero-order valence-electron chi connectivity index (χ0n) is 15.8. The molecule has 1 fully saturated rings. The van der Waals surface area contributed by atoms with Gasteiger partial charge in [-0.05, 0) is 39.7 Å². The van der Waals surface area contributed by atoms with Crippen LogP contribution in [-0.2, 0) is 16.1 Å². The molecule has 1 aliphatic rings. The van der Waals surface area contributed by atoms with Crippen LogP contribution in [0.4, 0.5) is 9.59 Å². The van der Waals surface area contributed by atoms with Gasteiger partial charge in [-0.15, -0.1) is 0 Å². The van der Waals surface area contributed by atoms with Crippen molar-refractivity contribution < 1.29 is 24.2 Å². The third-order valence-electron chi connectivity index (χ3n) is 4.07. The van der Waals surface area contributed by atoms with Crippen LogP contribution in [0.2, 0.25) is 0 Å². The summed E-state index contributed by atoms with van der Waals surface area (Å²) < 4.78 is 10.5. The number of carbonyl (C=O) groups is 2. The van der Waals surface area contributed by atoms with E-state index in [1.165, 1.54) is 4.90 Å². The van der Waals surface area contributed by atoms with Crippen molar-refractivity contribution in [3.63, 3.8) is 0 Å². The van der Waals surface area contributed by atoms with Crippen LogP contribution >= 0.6 is 0 Å². The maximum absolute atomic E-state index is 12.2. The Hall–Kier alpha value is -2.28. The third-order valence-corrected chi connectivity index (χ3v) is 4.07. The smallest absolute Gasteiger partial charge is 0.410 e. The molecule has 0 aromatic heterocycles. The van der Waals surface area contributed by atoms with E-state index >= 15 is 0 Å². The number of likely N-dealkylation sites (tertiary alicyclic amines) is 1. The van der Waals surface area contributed by atoms with Gasteiger partial charge < -0.3 is 24.8 Å². The van der Waals surface area contributed by atoms with Crippen LogP contribution in [0, 0.1) is 0 Å². The SMILES string of the molecule is CC1CC(O)(CNC(=O)OCc2ccccc2)CN1C(=O)OC(C)(C)C. The maximum Gasteiger partial charge on any atom is 0.410 e. The molecule has 144 valence electrons. The summed E-state index contributed by atoms with van der Waals surface area (Å²) in [4.78, 5) is 25.6. The van der Waals surface area contributed by atoms with Gasteiger partial charge in [0.2, 0.25) is 0 Å². The first-order chi connectivity index (χ1) is 12.1. The average molecular weight is 364 g/mol. The van der Waals surface area contributed by atoms with Gasteiger partial charge in [0.25, 0.3) is 0 Å². The minimum absolute atomic E-state index is 0.00423. The van der Waals surface area contributed by atoms with Gasteiger partial charge in [0.1, 0.15) is 17.8 Å². The molecule has 1 aliphatic heterocycles. The molecule has 0 saturated carbocycles. The van der Waals surface area contributed by atoms with Gasteiger partial charge in [0.15, 0.2) is 0 Å². The molecule has 2 atom stereocenters. The summed E-state index contributed by atoms with van der Waals surface area (Å²) in [6.07, 6.45) is -0.719. The molecule has 0 aliphatic carbocycles. The minimum Gasteiger partial charge on any atom is -0.445 e. The zero-order valence-corrected chi connectivity index (χ0v) is 15.8. The molecule has 0 spiro atoms. The Bertz CT molecular complexity index is 629. The lowest BCUT2D eigenvalue weighted by molar-refractivity contribution is 0.0129. The lowest BCUT2D eigenvalue weighted by Gasteiger charge is -2.27. The molecule has 0 radical (unpaired) electrons. The molecule has 26 heavy (non-hydrogen) atoms. The lowest BCUT2D eigenvalue weighted by atomic mass is 10.0. The summed E-state index contributed by atoms with van der Waals surface area (Å²) in [5, 5.41) is 13.3. The van der Waals surface area contributed by atoms with E-state index < -0.39 is 23.4 Å². The number of nitrogens with one attached hydrogen (secondary N) is 1. The number of benzene rings is 1. The van der Waals surface area contributed by atoms with E-state index in [0.717, 1.165) is 5.56 Å². The summed E-state index contributed by atoms with van der Waals surface area (Å²) in [6, 6.07) is 9.15. The van der Waals surface area contributed by atoms with E-state index in [0.29, 0.717) is 6.42 Å². The van der Waals surface area contributed by atoms with Gasteiger partial charge in [0.05, 0.1) is 13.1 Å². The van der Waals surface area contributed by atoms with Gasteiger partial charge in [0, 0.05) is 6.04 Å². The summed E-state index contributed by atoms with van der Waals surface area (Å²) in [6.45, 7) is 7.49. The van der Waals surface area contributed by atoms with Crippen molar-refractivity contribution >= 4 is 12.2 Å². The molecule has 1 aromatic carbocycles. The van der Waals surface area contributed by atoms with Crippen LogP contribution in [-0.4, -0.2) is 52.5 Å². The summed E-state index contributed by atoms with van der Waals surface area (Å²) in [7, 11) is 0. The summed E-state index contributed by atoms with van der Waals surface area (Å²) >= 11 is 0. The molecule has 7 heteroatoms. The van der Waals surface area contributed by atoms with Gasteiger partial charge in [-0.1, -0.05) is 30.3 Å². The van der Waals surface area contributed by atoms with Crippen LogP contribution in [0.3, 0.4) is 0 Å². The largest absolute Gasteiger partial charge is 0.445 e. The number of rotatable bonds is 4. The minimum atomic E-state index is -1.21. The Balaban J connectivity index is 1.81. The van der Waals surface area contributed by atoms with Crippen LogP contribution in [0.1, 0.15) is 39.7 Å². The molecular formula is C19H28N2O5. The zero-order chi connectivity index (χ0) is 19.4. The van der Waals surface area contributed by atoms with Gasteiger partial charge in [-0.25, -0.2) is 9.59 Å². The number of alkyl carbamates (subject to hydrolysis) is 1. The quantitative estimate of drug-likeness (QED) is 0.858. The van der Waals surface area contributed by atoms with E-state index in [9.17, 15) is 14.7 Å². The van der Waals surface area contributed by atoms with E-state index in [2.05, 4.69) is 5.32 Å². The van der Waals surface area contributed by atoms with Gasteiger partial charge in [-0.3, -0.25) is 0 Å². The normalized spacial score (nSPS) is 22.8. The number of amides is 2. The molecule has 1 saturated heterocycles. The molecule has 0 bridgehead atoms. The topological polar surface area (TPSA) is 88.1 Å². The van der Waals surface area contributed by atoms with Crippen LogP contribution in [0.15, 0.2) is 30.3 Å². The predicted octanol–water partition coefficient (Wildman–Crippen LogP) is 2.67. The van der Waals surface area contributed by atoms with Crippen LogP contribution in [0.25, 0.3) is 0 Å². The number of hydrogen-bond acceptors (Lipinski definition) is 5. The number of carbonyl (C=O) groups excluding carboxylic acids is 2. The van der Waals surface area contributed by atoms with E-state index in [4.69, 9.17) is 9.47 Å². The fourth-order valence-corrected chi connectivity index (χ4v) is 2.90. The van der Waals surface area contributed by atoms with Crippen molar-refractivity contribution in [3.8, 4) is 0 Å². The highest BCUT2D eigenvalue weighted by Gasteiger charge is 2.44. The molecule has 2 unspecified atom stereocenters. The van der Waals surface area contributed by atoms with E-state index in [1.807, 2.05) is 37.3 Å². The van der Waals surface area contributed by atoms with Crippen molar-refractivity contribution in [2.24, 2.45) is 0 Å². The highest BCUT2D eigenvalue weighted by molar-refractivity contribution is 5.69. The van der Waals surface area contributed by atoms with Gasteiger partial charge in [-0.2, -0.15) is 0 Å². The highest BCUT2D eigenvalue weighted by atomic mass is 16.6. The standard InChI is InChI=1S/C19H28N2O5/c1-14-10-19(24,13-21(14)17(23)26-18(2,3)4)12-20-16(22)25-11-15-8-6-5-7-9-15/h5-9,14,24H,10-13H2,1-4H3,(H,20,22). The van der Waals surface area contributed by atoms with Crippen LogP contribution in [0.5, 0.6) is 0 Å². The van der Waals surface area contributed by atoms with Crippen molar-refractivity contribution in [3.05, 3.63) is 35.9 Å². The van der Waals surface area contributed by atoms with E-state index in [-0.39, 0.29) is 25.7 Å². The highest BCUT2D eigenvalue weighted by Crippen LogP contribution is 2.28. The monoisotopic (exact) mass is 364 g/mol. The number of hydrogen-bond donors (Lipinski definition) is 2. The van der Waals surface area contributed by atoms with Crippen LogP contribution < -0.4 is 5.32 Å². The second-order valence-electron chi connectivity index (χ2n) is 7.80. The Morgan fingerprint density at radius 3 is 2.58 bits per heavy atom. The maximum atomic E-state index is 12.2. The molecular weight excluding hydrogens is 336 g/mol. The lowest BCUT2D eigenvalue weighted by Crippen LogP contribution is -2.46. The predicted molar refractivity (Wildman–Crippen MR) is 96.6 cm³/mol. The fourth-order valence-electron chi connectivity index (χ4n) is 2.90. The number of aliphatic hydroxyl groups is 1. The van der Waals surface area contributed by atoms with Crippen molar-refractivity contribution in [2.75, 3.05) is 13.1 Å². The number of ether oxygens (including phenoxy) is 2. The molecule has 2 N–H and O–H groups in total. The Morgan fingerprint density at radius 1 is 1.31 bits per heavy atom. The Kier molecular flexibility index (Phi) is 6.13. The second kappa shape index (κ2) is 7.95. The summed E-state index contributed by atoms with van der Waals surface area (Å²) in [5.41, 5.74) is -0.925. The summed E-state index contributed by atoms with van der Waals surface area (Å²) in [5.74, 6) is 0. The molecule has 2 amide bonds.